The Bertz CT molecular complexity index is 583. The van der Waals surface area contributed by atoms with Crippen LogP contribution in [0.3, 0.4) is 0 Å². The van der Waals surface area contributed by atoms with Crippen LogP contribution >= 0.6 is 23.4 Å². The molecular weight excluding hydrogens is 268 g/mol. The molecule has 0 spiro atoms. The van der Waals surface area contributed by atoms with E-state index in [0.717, 1.165) is 22.0 Å². The van der Waals surface area contributed by atoms with Crippen LogP contribution in [0.4, 0.5) is 0 Å². The highest BCUT2D eigenvalue weighted by molar-refractivity contribution is 7.99. The molecule has 0 saturated heterocycles. The zero-order valence-corrected chi connectivity index (χ0v) is 11.1. The van der Waals surface area contributed by atoms with Gasteiger partial charge in [0, 0.05) is 46.0 Å². The number of nitrogens with zero attached hydrogens (tertiary/aromatic N) is 1. The van der Waals surface area contributed by atoms with Crippen LogP contribution in [0.1, 0.15) is 16.2 Å². The SMILES string of the molecule is O=C1c2ccc(Cl)cc2SCC1Cc1ncc[nH]1. The molecule has 18 heavy (non-hydrogen) atoms. The zero-order chi connectivity index (χ0) is 12.5. The van der Waals surface area contributed by atoms with Crippen molar-refractivity contribution in [3.63, 3.8) is 0 Å². The summed E-state index contributed by atoms with van der Waals surface area (Å²) in [5.74, 6) is 1.84. The van der Waals surface area contributed by atoms with Gasteiger partial charge >= 0.3 is 0 Å². The first-order chi connectivity index (χ1) is 8.74. The van der Waals surface area contributed by atoms with Crippen molar-refractivity contribution in [3.8, 4) is 0 Å². The Morgan fingerprint density at radius 2 is 2.39 bits per heavy atom. The Balaban J connectivity index is 1.85. The van der Waals surface area contributed by atoms with Crippen molar-refractivity contribution in [2.24, 2.45) is 5.92 Å². The number of halogens is 1. The van der Waals surface area contributed by atoms with Crippen LogP contribution in [0.25, 0.3) is 0 Å². The van der Waals surface area contributed by atoms with E-state index in [0.29, 0.717) is 11.4 Å². The summed E-state index contributed by atoms with van der Waals surface area (Å²) < 4.78 is 0. The maximum Gasteiger partial charge on any atom is 0.168 e. The Morgan fingerprint density at radius 1 is 1.50 bits per heavy atom. The van der Waals surface area contributed by atoms with E-state index in [4.69, 9.17) is 11.6 Å². The first-order valence-electron chi connectivity index (χ1n) is 5.69. The lowest BCUT2D eigenvalue weighted by Crippen LogP contribution is -2.24. The minimum Gasteiger partial charge on any atom is -0.349 e. The molecule has 2 heterocycles. The summed E-state index contributed by atoms with van der Waals surface area (Å²) in [5, 5.41) is 0.679. The Labute approximate surface area is 114 Å². The number of carbonyl (C=O) groups excluding carboxylic acids is 1. The normalized spacial score (nSPS) is 18.7. The Morgan fingerprint density at radius 3 is 3.17 bits per heavy atom. The molecule has 1 aromatic carbocycles. The first kappa shape index (κ1) is 11.8. The van der Waals surface area contributed by atoms with Gasteiger partial charge in [0.2, 0.25) is 0 Å². The van der Waals surface area contributed by atoms with Crippen LogP contribution in [0.5, 0.6) is 0 Å². The molecule has 1 N–H and O–H groups in total. The number of aromatic amines is 1. The molecule has 3 rings (SSSR count). The van der Waals surface area contributed by atoms with Gasteiger partial charge in [-0.25, -0.2) is 4.98 Å². The van der Waals surface area contributed by atoms with Gasteiger partial charge in [-0.3, -0.25) is 4.79 Å². The Kier molecular flexibility index (Phi) is 3.14. The molecule has 1 aliphatic rings. The highest BCUT2D eigenvalue weighted by Gasteiger charge is 2.28. The second-order valence-electron chi connectivity index (χ2n) is 4.25. The average Bonchev–Trinajstić information content (AvgIpc) is 2.85. The fraction of sp³-hybridized carbons (Fsp3) is 0.231. The summed E-state index contributed by atoms with van der Waals surface area (Å²) in [7, 11) is 0. The number of Topliss-reactive ketones (excluding diaryl/α,β-unsaturated/α-hetero) is 1. The maximum atomic E-state index is 12.4. The highest BCUT2D eigenvalue weighted by Crippen LogP contribution is 2.35. The third kappa shape index (κ3) is 2.18. The number of benzene rings is 1. The topological polar surface area (TPSA) is 45.8 Å². The van der Waals surface area contributed by atoms with Crippen molar-refractivity contribution in [2.45, 2.75) is 11.3 Å². The van der Waals surface area contributed by atoms with E-state index in [1.807, 2.05) is 12.1 Å². The van der Waals surface area contributed by atoms with Gasteiger partial charge in [0.05, 0.1) is 0 Å². The number of fused-ring (bicyclic) bond motifs is 1. The number of hydrogen-bond donors (Lipinski definition) is 1. The lowest BCUT2D eigenvalue weighted by molar-refractivity contribution is 0.0925. The smallest absolute Gasteiger partial charge is 0.168 e. The summed E-state index contributed by atoms with van der Waals surface area (Å²) in [5.41, 5.74) is 0.784. The van der Waals surface area contributed by atoms with Gasteiger partial charge in [0.25, 0.3) is 0 Å². The van der Waals surface area contributed by atoms with Gasteiger partial charge in [-0.2, -0.15) is 0 Å². The molecule has 1 unspecified atom stereocenters. The van der Waals surface area contributed by atoms with Crippen LogP contribution in [0, 0.1) is 5.92 Å². The summed E-state index contributed by atoms with van der Waals surface area (Å²) in [6.45, 7) is 0. The highest BCUT2D eigenvalue weighted by atomic mass is 35.5. The standard InChI is InChI=1S/C13H11ClN2OS/c14-9-1-2-10-11(6-9)18-7-8(13(10)17)5-12-15-3-4-16-12/h1-4,6,8H,5,7H2,(H,15,16). The molecule has 0 amide bonds. The van der Waals surface area contributed by atoms with E-state index in [9.17, 15) is 4.79 Å². The number of thioether (sulfide) groups is 1. The number of nitrogens with one attached hydrogen (secondary N) is 1. The molecule has 1 aliphatic heterocycles. The van der Waals surface area contributed by atoms with Crippen molar-refractivity contribution in [1.29, 1.82) is 0 Å². The molecule has 1 aromatic heterocycles. The summed E-state index contributed by atoms with van der Waals surface area (Å²) in [6, 6.07) is 5.46. The van der Waals surface area contributed by atoms with Gasteiger partial charge in [0.1, 0.15) is 5.82 Å². The molecule has 1 atom stereocenters. The average molecular weight is 279 g/mol. The zero-order valence-electron chi connectivity index (χ0n) is 9.52. The number of hydrogen-bond acceptors (Lipinski definition) is 3. The van der Waals surface area contributed by atoms with E-state index >= 15 is 0 Å². The number of ketones is 1. The third-order valence-corrected chi connectivity index (χ3v) is 4.47. The quantitative estimate of drug-likeness (QED) is 0.917. The summed E-state index contributed by atoms with van der Waals surface area (Å²) >= 11 is 7.63. The first-order valence-corrected chi connectivity index (χ1v) is 7.05. The number of rotatable bonds is 2. The van der Waals surface area contributed by atoms with Crippen molar-refractivity contribution < 1.29 is 4.79 Å². The molecule has 0 radical (unpaired) electrons. The number of imidazole rings is 1. The van der Waals surface area contributed by atoms with Crippen molar-refractivity contribution >= 4 is 29.1 Å². The van der Waals surface area contributed by atoms with Gasteiger partial charge in [-0.1, -0.05) is 11.6 Å². The fourth-order valence-electron chi connectivity index (χ4n) is 2.10. The minimum absolute atomic E-state index is 0.00479. The molecule has 92 valence electrons. The Hall–Kier alpha value is -1.26. The van der Waals surface area contributed by atoms with Crippen LogP contribution in [0.15, 0.2) is 35.5 Å². The molecule has 2 aromatic rings. The molecule has 0 fully saturated rings. The van der Waals surface area contributed by atoms with E-state index in [2.05, 4.69) is 9.97 Å². The monoisotopic (exact) mass is 278 g/mol. The van der Waals surface area contributed by atoms with Gasteiger partial charge in [-0.15, -0.1) is 11.8 Å². The molecule has 3 nitrogen and oxygen atoms in total. The lowest BCUT2D eigenvalue weighted by atomic mass is 9.95. The second-order valence-corrected chi connectivity index (χ2v) is 5.75. The van der Waals surface area contributed by atoms with E-state index in [1.165, 1.54) is 0 Å². The number of carbonyl (C=O) groups is 1. The number of aromatic nitrogens is 2. The molecular formula is C13H11ClN2OS. The fourth-order valence-corrected chi connectivity index (χ4v) is 3.52. The molecule has 0 aliphatic carbocycles. The molecule has 0 bridgehead atoms. The van der Waals surface area contributed by atoms with Crippen molar-refractivity contribution in [1.82, 2.24) is 9.97 Å². The molecule has 0 saturated carbocycles. The van der Waals surface area contributed by atoms with Crippen molar-refractivity contribution in [3.05, 3.63) is 47.0 Å². The predicted molar refractivity (Wildman–Crippen MR) is 72.3 cm³/mol. The summed E-state index contributed by atoms with van der Waals surface area (Å²) in [6.07, 6.45) is 4.16. The minimum atomic E-state index is -0.00479. The van der Waals surface area contributed by atoms with Gasteiger partial charge in [-0.05, 0) is 18.2 Å². The van der Waals surface area contributed by atoms with Crippen molar-refractivity contribution in [2.75, 3.05) is 5.75 Å². The van der Waals surface area contributed by atoms with E-state index < -0.39 is 0 Å². The largest absolute Gasteiger partial charge is 0.349 e. The van der Waals surface area contributed by atoms with E-state index in [1.54, 1.807) is 30.2 Å². The van der Waals surface area contributed by atoms with E-state index in [-0.39, 0.29) is 11.7 Å². The summed E-state index contributed by atoms with van der Waals surface area (Å²) in [4.78, 5) is 20.6. The third-order valence-electron chi connectivity index (χ3n) is 3.01. The predicted octanol–water partition coefficient (Wildman–Crippen LogP) is 3.21. The van der Waals surface area contributed by atoms with Gasteiger partial charge in [0.15, 0.2) is 5.78 Å². The second kappa shape index (κ2) is 4.78. The lowest BCUT2D eigenvalue weighted by Gasteiger charge is -2.22. The van der Waals surface area contributed by atoms with Gasteiger partial charge < -0.3 is 4.98 Å². The maximum absolute atomic E-state index is 12.4. The van der Waals surface area contributed by atoms with Crippen LogP contribution in [0.2, 0.25) is 5.02 Å². The van der Waals surface area contributed by atoms with Crippen LogP contribution < -0.4 is 0 Å². The molecule has 5 heteroatoms. The van der Waals surface area contributed by atoms with Crippen LogP contribution in [-0.4, -0.2) is 21.5 Å². The van der Waals surface area contributed by atoms with Crippen LogP contribution in [-0.2, 0) is 6.42 Å². The number of H-pyrrole nitrogens is 1.